The highest BCUT2D eigenvalue weighted by Crippen LogP contribution is 2.37. The van der Waals surface area contributed by atoms with E-state index in [1.807, 2.05) is 75.4 Å². The molecule has 3 aromatic carbocycles. The summed E-state index contributed by atoms with van der Waals surface area (Å²) >= 11 is 0. The highest BCUT2D eigenvalue weighted by atomic mass is 16.2. The molecule has 1 heterocycles. The third kappa shape index (κ3) is 4.33. The molecule has 3 amide bonds. The van der Waals surface area contributed by atoms with Gasteiger partial charge in [0.05, 0.1) is 5.69 Å². The highest BCUT2D eigenvalue weighted by molar-refractivity contribution is 6.26. The maximum Gasteiger partial charge on any atom is 0.259 e. The van der Waals surface area contributed by atoms with Crippen LogP contribution in [0.2, 0.25) is 0 Å². The number of nitrogens with zero attached hydrogens (tertiary/aromatic N) is 2. The predicted molar refractivity (Wildman–Crippen MR) is 130 cm³/mol. The molecule has 170 valence electrons. The summed E-state index contributed by atoms with van der Waals surface area (Å²) in [6.45, 7) is 6.43. The molecule has 1 aliphatic heterocycles. The second-order valence-corrected chi connectivity index (χ2v) is 8.40. The fourth-order valence-electron chi connectivity index (χ4n) is 4.58. The van der Waals surface area contributed by atoms with Gasteiger partial charge in [-0.3, -0.25) is 19.3 Å². The lowest BCUT2D eigenvalue weighted by Crippen LogP contribution is -2.52. The van der Waals surface area contributed by atoms with Gasteiger partial charge < -0.3 is 10.2 Å². The third-order valence-electron chi connectivity index (χ3n) is 6.11. The van der Waals surface area contributed by atoms with Crippen LogP contribution in [0.4, 0.5) is 5.69 Å². The first-order valence-electron chi connectivity index (χ1n) is 11.4. The Morgan fingerprint density at radius 2 is 1.76 bits per heavy atom. The number of carbonyl (C=O) groups is 3. The van der Waals surface area contributed by atoms with Crippen molar-refractivity contribution >= 4 is 34.2 Å². The van der Waals surface area contributed by atoms with Gasteiger partial charge in [0.15, 0.2) is 0 Å². The maximum atomic E-state index is 13.7. The molecule has 0 aromatic heterocycles. The van der Waals surface area contributed by atoms with Crippen molar-refractivity contribution in [1.29, 1.82) is 0 Å². The van der Waals surface area contributed by atoms with Gasteiger partial charge in [-0.25, -0.2) is 0 Å². The molecule has 1 N–H and O–H groups in total. The van der Waals surface area contributed by atoms with Crippen LogP contribution in [0, 0.1) is 6.92 Å². The first kappa shape index (κ1) is 22.5. The van der Waals surface area contributed by atoms with Gasteiger partial charge in [-0.1, -0.05) is 61.0 Å². The first-order valence-corrected chi connectivity index (χ1v) is 11.4. The van der Waals surface area contributed by atoms with Crippen molar-refractivity contribution in [1.82, 2.24) is 10.2 Å². The van der Waals surface area contributed by atoms with E-state index in [0.717, 1.165) is 27.6 Å². The first-order chi connectivity index (χ1) is 15.9. The molecule has 4 rings (SSSR count). The Balaban J connectivity index is 1.66. The normalized spacial score (nSPS) is 13.3. The number of nitrogens with one attached hydrogen (secondary N) is 1. The molecule has 0 saturated heterocycles. The molecule has 6 nitrogen and oxygen atoms in total. The van der Waals surface area contributed by atoms with Gasteiger partial charge in [0.2, 0.25) is 11.8 Å². The zero-order valence-corrected chi connectivity index (χ0v) is 19.3. The minimum atomic E-state index is -0.617. The van der Waals surface area contributed by atoms with Gasteiger partial charge in [0.25, 0.3) is 5.91 Å². The molecule has 0 saturated carbocycles. The Kier molecular flexibility index (Phi) is 6.45. The SMILES string of the molecule is CCNC(=O)[C@@H](CC)N(Cc1cccc(C)c1)C(=O)CN1C(=O)c2cccc3cccc1c23. The van der Waals surface area contributed by atoms with E-state index in [1.165, 1.54) is 4.90 Å². The van der Waals surface area contributed by atoms with Gasteiger partial charge in [-0.2, -0.15) is 0 Å². The molecule has 0 aliphatic carbocycles. The monoisotopic (exact) mass is 443 g/mol. The van der Waals surface area contributed by atoms with Crippen LogP contribution >= 0.6 is 0 Å². The minimum absolute atomic E-state index is 0.117. The lowest BCUT2D eigenvalue weighted by atomic mass is 10.1. The molecule has 3 aromatic rings. The molecule has 1 aliphatic rings. The summed E-state index contributed by atoms with van der Waals surface area (Å²) < 4.78 is 0. The Bertz CT molecular complexity index is 1210. The Hall–Kier alpha value is -3.67. The molecule has 1 atom stereocenters. The number of hydrogen-bond donors (Lipinski definition) is 1. The number of rotatable bonds is 8. The van der Waals surface area contributed by atoms with Crippen molar-refractivity contribution in [3.63, 3.8) is 0 Å². The summed E-state index contributed by atoms with van der Waals surface area (Å²) in [5.41, 5.74) is 3.38. The summed E-state index contributed by atoms with van der Waals surface area (Å²) in [5.74, 6) is -0.622. The zero-order chi connectivity index (χ0) is 23.5. The second kappa shape index (κ2) is 9.45. The van der Waals surface area contributed by atoms with Crippen LogP contribution in [-0.2, 0) is 16.1 Å². The van der Waals surface area contributed by atoms with Gasteiger partial charge in [-0.15, -0.1) is 0 Å². The van der Waals surface area contributed by atoms with E-state index in [9.17, 15) is 14.4 Å². The van der Waals surface area contributed by atoms with Crippen LogP contribution in [0.15, 0.2) is 60.7 Å². The number of amides is 3. The maximum absolute atomic E-state index is 13.7. The lowest BCUT2D eigenvalue weighted by molar-refractivity contribution is -0.140. The van der Waals surface area contributed by atoms with E-state index >= 15 is 0 Å². The van der Waals surface area contributed by atoms with E-state index in [0.29, 0.717) is 25.1 Å². The molecule has 0 bridgehead atoms. The summed E-state index contributed by atoms with van der Waals surface area (Å²) in [6.07, 6.45) is 0.479. The van der Waals surface area contributed by atoms with Crippen molar-refractivity contribution < 1.29 is 14.4 Å². The van der Waals surface area contributed by atoms with Crippen LogP contribution in [-0.4, -0.2) is 41.8 Å². The molecule has 0 fully saturated rings. The van der Waals surface area contributed by atoms with Gasteiger partial charge in [-0.05, 0) is 43.4 Å². The number of likely N-dealkylation sites (N-methyl/N-ethyl adjacent to an activating group) is 1. The van der Waals surface area contributed by atoms with Crippen LogP contribution < -0.4 is 10.2 Å². The predicted octanol–water partition coefficient (Wildman–Crippen LogP) is 4.05. The average Bonchev–Trinajstić information content (AvgIpc) is 3.07. The third-order valence-corrected chi connectivity index (χ3v) is 6.11. The smallest absolute Gasteiger partial charge is 0.259 e. The highest BCUT2D eigenvalue weighted by Gasteiger charge is 2.34. The van der Waals surface area contributed by atoms with Crippen LogP contribution in [0.3, 0.4) is 0 Å². The molecule has 6 heteroatoms. The summed E-state index contributed by atoms with van der Waals surface area (Å²) in [5, 5.41) is 4.69. The van der Waals surface area contributed by atoms with Gasteiger partial charge in [0, 0.05) is 24.0 Å². The van der Waals surface area contributed by atoms with Crippen LogP contribution in [0.1, 0.15) is 41.8 Å². The number of carbonyl (C=O) groups excluding carboxylic acids is 3. The topological polar surface area (TPSA) is 69.7 Å². The van der Waals surface area contributed by atoms with Crippen molar-refractivity contribution in [3.8, 4) is 0 Å². The lowest BCUT2D eigenvalue weighted by Gasteiger charge is -2.32. The summed E-state index contributed by atoms with van der Waals surface area (Å²) in [7, 11) is 0. The molecular weight excluding hydrogens is 414 g/mol. The molecular formula is C27H29N3O3. The van der Waals surface area contributed by atoms with E-state index < -0.39 is 6.04 Å². The van der Waals surface area contributed by atoms with Crippen molar-refractivity contribution in [2.24, 2.45) is 0 Å². The van der Waals surface area contributed by atoms with Crippen LogP contribution in [0.5, 0.6) is 0 Å². The number of benzene rings is 3. The Morgan fingerprint density at radius 1 is 1.03 bits per heavy atom. The van der Waals surface area contributed by atoms with Gasteiger partial charge >= 0.3 is 0 Å². The second-order valence-electron chi connectivity index (χ2n) is 8.40. The number of hydrogen-bond acceptors (Lipinski definition) is 3. The fraction of sp³-hybridized carbons (Fsp3) is 0.296. The number of anilines is 1. The zero-order valence-electron chi connectivity index (χ0n) is 19.3. The molecule has 0 unspecified atom stereocenters. The quantitative estimate of drug-likeness (QED) is 0.571. The number of aryl methyl sites for hydroxylation is 1. The molecule has 0 spiro atoms. The minimum Gasteiger partial charge on any atom is -0.355 e. The van der Waals surface area contributed by atoms with E-state index in [2.05, 4.69) is 5.32 Å². The van der Waals surface area contributed by atoms with Crippen molar-refractivity contribution in [2.45, 2.75) is 39.8 Å². The van der Waals surface area contributed by atoms with Gasteiger partial charge in [0.1, 0.15) is 12.6 Å². The van der Waals surface area contributed by atoms with E-state index in [4.69, 9.17) is 0 Å². The van der Waals surface area contributed by atoms with E-state index in [1.54, 1.807) is 11.0 Å². The largest absolute Gasteiger partial charge is 0.355 e. The fourth-order valence-corrected chi connectivity index (χ4v) is 4.58. The Labute approximate surface area is 194 Å². The average molecular weight is 444 g/mol. The summed E-state index contributed by atoms with van der Waals surface area (Å²) in [4.78, 5) is 42.8. The molecule has 0 radical (unpaired) electrons. The van der Waals surface area contributed by atoms with Crippen LogP contribution in [0.25, 0.3) is 10.8 Å². The van der Waals surface area contributed by atoms with E-state index in [-0.39, 0.29) is 24.3 Å². The Morgan fingerprint density at radius 3 is 2.45 bits per heavy atom. The summed E-state index contributed by atoms with van der Waals surface area (Å²) in [6, 6.07) is 18.6. The molecule has 33 heavy (non-hydrogen) atoms. The van der Waals surface area contributed by atoms with Crippen molar-refractivity contribution in [3.05, 3.63) is 77.4 Å². The van der Waals surface area contributed by atoms with Crippen molar-refractivity contribution in [2.75, 3.05) is 18.0 Å². The standard InChI is InChI=1S/C27H29N3O3/c1-4-22(26(32)28-5-2)29(16-19-10-6-9-18(3)15-19)24(31)17-30-23-14-8-12-20-11-7-13-21(25(20)23)27(30)33/h6-15,22H,4-5,16-17H2,1-3H3,(H,28,32)/t22-/m1/s1.